The molecule has 7 heteroatoms. The van der Waals surface area contributed by atoms with Gasteiger partial charge in [-0.05, 0) is 0 Å². The zero-order valence-corrected chi connectivity index (χ0v) is 5.20. The lowest BCUT2D eigenvalue weighted by molar-refractivity contribution is 0.233. The summed E-state index contributed by atoms with van der Waals surface area (Å²) in [4.78, 5) is 19.5. The predicted molar refractivity (Wildman–Crippen MR) is 32.7 cm³/mol. The van der Waals surface area contributed by atoms with Crippen molar-refractivity contribution in [3.8, 4) is 0 Å². The number of halogens is 1. The molecule has 0 saturated carbocycles. The van der Waals surface area contributed by atoms with Crippen molar-refractivity contribution in [2.75, 3.05) is 0 Å². The first-order chi connectivity index (χ1) is 3.63. The zero-order valence-electron chi connectivity index (χ0n) is 4.38. The Bertz CT molecular complexity index is 101. The number of rotatable bonds is 0. The SMILES string of the molecule is Cl.NC(=O)NNC(N)=O. The van der Waals surface area contributed by atoms with E-state index in [1.54, 1.807) is 10.9 Å². The lowest BCUT2D eigenvalue weighted by Crippen LogP contribution is -2.46. The van der Waals surface area contributed by atoms with Crippen molar-refractivity contribution in [1.82, 2.24) is 10.9 Å². The van der Waals surface area contributed by atoms with Gasteiger partial charge < -0.3 is 11.5 Å². The highest BCUT2D eigenvalue weighted by Crippen LogP contribution is 1.48. The molecule has 0 rings (SSSR count). The Labute approximate surface area is 57.3 Å². The number of nitrogens with one attached hydrogen (secondary N) is 2. The highest BCUT2D eigenvalue weighted by Gasteiger charge is 1.89. The van der Waals surface area contributed by atoms with Crippen LogP contribution in [0.15, 0.2) is 0 Å². The van der Waals surface area contributed by atoms with Gasteiger partial charge in [0.25, 0.3) is 0 Å². The highest BCUT2D eigenvalue weighted by molar-refractivity contribution is 5.85. The third-order valence-corrected chi connectivity index (χ3v) is 0.309. The third kappa shape index (κ3) is 10.9. The Hall–Kier alpha value is -1.17. The second-order valence-corrected chi connectivity index (χ2v) is 0.979. The zero-order chi connectivity index (χ0) is 6.57. The van der Waals surface area contributed by atoms with Crippen LogP contribution < -0.4 is 22.3 Å². The van der Waals surface area contributed by atoms with E-state index < -0.39 is 12.1 Å². The molecule has 6 N–H and O–H groups in total. The maximum absolute atomic E-state index is 9.74. The van der Waals surface area contributed by atoms with E-state index in [2.05, 4.69) is 11.5 Å². The number of hydrogen-bond donors (Lipinski definition) is 4. The molecule has 0 aromatic rings. The van der Waals surface area contributed by atoms with Crippen molar-refractivity contribution in [3.05, 3.63) is 0 Å². The Kier molecular flexibility index (Phi) is 5.94. The van der Waals surface area contributed by atoms with Crippen LogP contribution in [-0.2, 0) is 0 Å². The van der Waals surface area contributed by atoms with Crippen LogP contribution in [0.5, 0.6) is 0 Å². The third-order valence-electron chi connectivity index (χ3n) is 0.309. The molecule has 4 amide bonds. The number of carbonyl (C=O) groups is 2. The summed E-state index contributed by atoms with van der Waals surface area (Å²) in [5.74, 6) is 0. The van der Waals surface area contributed by atoms with Crippen LogP contribution >= 0.6 is 12.4 Å². The molecule has 0 aliphatic heterocycles. The van der Waals surface area contributed by atoms with Crippen LogP contribution in [0.3, 0.4) is 0 Å². The monoisotopic (exact) mass is 154 g/mol. The molecule has 0 unspecified atom stereocenters. The van der Waals surface area contributed by atoms with Crippen molar-refractivity contribution >= 4 is 24.5 Å². The molecule has 0 spiro atoms. The van der Waals surface area contributed by atoms with Gasteiger partial charge in [0.15, 0.2) is 0 Å². The van der Waals surface area contributed by atoms with Gasteiger partial charge in [0.1, 0.15) is 0 Å². The molecule has 0 saturated heterocycles. The number of hydrogen-bond acceptors (Lipinski definition) is 2. The smallest absolute Gasteiger partial charge is 0.330 e. The summed E-state index contributed by atoms with van der Waals surface area (Å²) >= 11 is 0. The number of primary amides is 2. The van der Waals surface area contributed by atoms with Gasteiger partial charge >= 0.3 is 12.1 Å². The largest absolute Gasteiger partial charge is 0.350 e. The predicted octanol–water partition coefficient (Wildman–Crippen LogP) is -1.34. The van der Waals surface area contributed by atoms with Gasteiger partial charge in [-0.25, -0.2) is 20.4 Å². The second kappa shape index (κ2) is 4.98. The van der Waals surface area contributed by atoms with Crippen molar-refractivity contribution in [1.29, 1.82) is 0 Å². The number of nitrogens with two attached hydrogens (primary N) is 2. The van der Waals surface area contributed by atoms with Gasteiger partial charge in [0, 0.05) is 0 Å². The molecular formula is C2H7ClN4O2. The summed E-state index contributed by atoms with van der Waals surface area (Å²) in [5, 5.41) is 0. The fourth-order valence-electron chi connectivity index (χ4n) is 0.123. The molecular weight excluding hydrogens is 148 g/mol. The van der Waals surface area contributed by atoms with Gasteiger partial charge in [-0.3, -0.25) is 0 Å². The van der Waals surface area contributed by atoms with E-state index in [0.717, 1.165) is 0 Å². The minimum atomic E-state index is -0.858. The molecule has 0 radical (unpaired) electrons. The summed E-state index contributed by atoms with van der Waals surface area (Å²) < 4.78 is 0. The summed E-state index contributed by atoms with van der Waals surface area (Å²) in [7, 11) is 0. The molecule has 0 atom stereocenters. The first kappa shape index (κ1) is 10.7. The van der Waals surface area contributed by atoms with Gasteiger partial charge in [-0.1, -0.05) is 0 Å². The number of carbonyl (C=O) groups excluding carboxylic acids is 2. The normalized spacial score (nSPS) is 6.67. The molecule has 0 aliphatic rings. The van der Waals surface area contributed by atoms with E-state index in [0.29, 0.717) is 0 Å². The molecule has 54 valence electrons. The second-order valence-electron chi connectivity index (χ2n) is 0.979. The number of amides is 4. The van der Waals surface area contributed by atoms with Crippen LogP contribution in [0, 0.1) is 0 Å². The summed E-state index contributed by atoms with van der Waals surface area (Å²) in [6.45, 7) is 0. The van der Waals surface area contributed by atoms with E-state index in [9.17, 15) is 9.59 Å². The fraction of sp³-hybridized carbons (Fsp3) is 0. The maximum atomic E-state index is 9.74. The van der Waals surface area contributed by atoms with Gasteiger partial charge in [-0.2, -0.15) is 0 Å². The lowest BCUT2D eigenvalue weighted by atomic mass is 11.1. The molecule has 0 bridgehead atoms. The van der Waals surface area contributed by atoms with E-state index in [4.69, 9.17) is 0 Å². The quantitative estimate of drug-likeness (QED) is 0.324. The van der Waals surface area contributed by atoms with E-state index in [-0.39, 0.29) is 12.4 Å². The average Bonchev–Trinajstić information content (AvgIpc) is 1.61. The molecule has 9 heavy (non-hydrogen) atoms. The molecule has 0 aliphatic carbocycles. The van der Waals surface area contributed by atoms with Gasteiger partial charge in [-0.15, -0.1) is 12.4 Å². The van der Waals surface area contributed by atoms with Crippen LogP contribution in [0.4, 0.5) is 9.59 Å². The highest BCUT2D eigenvalue weighted by atomic mass is 35.5. The first-order valence-corrected chi connectivity index (χ1v) is 1.74. The molecule has 0 fully saturated rings. The topological polar surface area (TPSA) is 110 Å². The molecule has 0 aromatic heterocycles. The Morgan fingerprint density at radius 2 is 1.22 bits per heavy atom. The van der Waals surface area contributed by atoms with Crippen molar-refractivity contribution in [3.63, 3.8) is 0 Å². The Morgan fingerprint density at radius 1 is 1.00 bits per heavy atom. The van der Waals surface area contributed by atoms with Gasteiger partial charge in [0.2, 0.25) is 0 Å². The van der Waals surface area contributed by atoms with Crippen molar-refractivity contribution < 1.29 is 9.59 Å². The average molecular weight is 155 g/mol. The van der Waals surface area contributed by atoms with Crippen molar-refractivity contribution in [2.24, 2.45) is 11.5 Å². The lowest BCUT2D eigenvalue weighted by Gasteiger charge is -1.97. The van der Waals surface area contributed by atoms with Crippen molar-refractivity contribution in [2.45, 2.75) is 0 Å². The van der Waals surface area contributed by atoms with Crippen LogP contribution in [-0.4, -0.2) is 12.1 Å². The molecule has 0 aromatic carbocycles. The van der Waals surface area contributed by atoms with Crippen LogP contribution in [0.25, 0.3) is 0 Å². The van der Waals surface area contributed by atoms with E-state index in [1.165, 1.54) is 0 Å². The van der Waals surface area contributed by atoms with Crippen LogP contribution in [0.1, 0.15) is 0 Å². The minimum absolute atomic E-state index is 0. The van der Waals surface area contributed by atoms with Gasteiger partial charge in [0.05, 0.1) is 0 Å². The van der Waals surface area contributed by atoms with E-state index >= 15 is 0 Å². The fourth-order valence-corrected chi connectivity index (χ4v) is 0.123. The maximum Gasteiger partial charge on any atom is 0.330 e. The number of hydrazine groups is 1. The van der Waals surface area contributed by atoms with Crippen LogP contribution in [0.2, 0.25) is 0 Å². The minimum Gasteiger partial charge on any atom is -0.350 e. The Balaban J connectivity index is 0. The summed E-state index contributed by atoms with van der Waals surface area (Å²) in [6.07, 6.45) is 0. The molecule has 0 heterocycles. The first-order valence-electron chi connectivity index (χ1n) is 1.74. The Morgan fingerprint density at radius 3 is 1.33 bits per heavy atom. The standard InChI is InChI=1S/C2H6N4O2.ClH/c3-1(7)5-6-2(4)8;/h(H3,3,5,7)(H3,4,6,8);1H. The summed E-state index contributed by atoms with van der Waals surface area (Å²) in [6, 6.07) is -1.72. The number of urea groups is 2. The molecule has 6 nitrogen and oxygen atoms in total. The summed E-state index contributed by atoms with van der Waals surface area (Å²) in [5.41, 5.74) is 12.6. The van der Waals surface area contributed by atoms with E-state index in [1.807, 2.05) is 0 Å².